The minimum Gasteiger partial charge on any atom is -0.450 e. The Morgan fingerprint density at radius 2 is 0.716 bits per heavy atom. The Morgan fingerprint density at radius 3 is 1.09 bits per heavy atom. The fraction of sp³-hybridized carbons (Fsp3) is 0.368. The monoisotopic (exact) mass is 1100 g/mol. The first-order valence-corrected chi connectivity index (χ1v) is 28.2. The molecule has 0 spiro atoms. The second-order valence-electron chi connectivity index (χ2n) is 20.3. The number of hydrogen-bond donors (Lipinski definition) is 3. The Kier molecular flexibility index (Phi) is 27.2. The topological polar surface area (TPSA) is 167 Å². The van der Waals surface area contributed by atoms with E-state index < -0.39 is 67.0 Å². The summed E-state index contributed by atoms with van der Waals surface area (Å²) < 4.78 is 60.4. The Bertz CT molecular complexity index is 2720. The minimum absolute atomic E-state index is 0.0249. The number of aliphatic hydroxyl groups is 2. The first-order chi connectivity index (χ1) is 39.7. The number of benzene rings is 7. The normalized spacial score (nSPS) is 15.3. The van der Waals surface area contributed by atoms with Gasteiger partial charge in [0.15, 0.2) is 18.7 Å². The van der Waals surface area contributed by atoms with Gasteiger partial charge in [0.05, 0.1) is 70.6 Å². The smallest absolute Gasteiger partial charge is 0.338 e. The first-order valence-electron chi connectivity index (χ1n) is 28.2. The molecule has 0 bridgehead atoms. The Balaban J connectivity index is 1.32. The molecule has 10 unspecified atom stereocenters. The number of carbonyl (C=O) groups excluding carboxylic acids is 1. The third-order valence-electron chi connectivity index (χ3n) is 13.8. The van der Waals surface area contributed by atoms with Crippen LogP contribution in [0.2, 0.25) is 0 Å². The first kappa shape index (κ1) is 62.2. The van der Waals surface area contributed by atoms with Crippen LogP contribution in [0.5, 0.6) is 0 Å². The molecule has 0 radical (unpaired) electrons. The van der Waals surface area contributed by atoms with Gasteiger partial charge < -0.3 is 58.6 Å². The average Bonchev–Trinajstić information content (AvgIpc) is 3.62. The minimum atomic E-state index is -2.04. The third-order valence-corrected chi connectivity index (χ3v) is 13.8. The second kappa shape index (κ2) is 35.4. The van der Waals surface area contributed by atoms with Crippen molar-refractivity contribution in [3.05, 3.63) is 251 Å². The van der Waals surface area contributed by atoms with Crippen molar-refractivity contribution < 1.29 is 57.6 Å². The lowest BCUT2D eigenvalue weighted by Gasteiger charge is -2.41. The van der Waals surface area contributed by atoms with E-state index in [0.29, 0.717) is 26.2 Å². The molecule has 0 aliphatic rings. The molecule has 7 aromatic carbocycles. The Labute approximate surface area is 478 Å². The van der Waals surface area contributed by atoms with Crippen molar-refractivity contribution in [2.45, 2.75) is 122 Å². The van der Waals surface area contributed by atoms with Gasteiger partial charge in [-0.3, -0.25) is 0 Å². The highest BCUT2D eigenvalue weighted by atomic mass is 16.7. The molecule has 0 aliphatic carbocycles. The quantitative estimate of drug-likeness (QED) is 0.0190. The highest BCUT2D eigenvalue weighted by molar-refractivity contribution is 5.89. The largest absolute Gasteiger partial charge is 0.450 e. The highest BCUT2D eigenvalue weighted by Gasteiger charge is 2.47. The third kappa shape index (κ3) is 21.4. The van der Waals surface area contributed by atoms with Gasteiger partial charge in [-0.15, -0.1) is 0 Å². The number of ether oxygens (including phenoxy) is 9. The summed E-state index contributed by atoms with van der Waals surface area (Å²) in [7, 11) is 0. The van der Waals surface area contributed by atoms with E-state index in [-0.39, 0.29) is 51.8 Å². The molecule has 7 rings (SSSR count). The molecule has 430 valence electrons. The molecule has 0 fully saturated rings. The van der Waals surface area contributed by atoms with Crippen LogP contribution in [0.3, 0.4) is 0 Å². The maximum absolute atomic E-state index is 14.6. The lowest BCUT2D eigenvalue weighted by atomic mass is 9.94. The molecule has 13 heteroatoms. The summed E-state index contributed by atoms with van der Waals surface area (Å²) in [5.41, 5.74) is 11.5. The summed E-state index contributed by atoms with van der Waals surface area (Å²) in [6.45, 7) is 6.01. The van der Waals surface area contributed by atoms with Gasteiger partial charge in [-0.2, -0.15) is 0 Å². The van der Waals surface area contributed by atoms with Crippen molar-refractivity contribution >= 4 is 5.97 Å². The zero-order valence-electron chi connectivity index (χ0n) is 46.7. The zero-order valence-corrected chi connectivity index (χ0v) is 46.7. The van der Waals surface area contributed by atoms with Gasteiger partial charge in [0.25, 0.3) is 0 Å². The Hall–Kier alpha value is -6.43. The number of carbonyl (C=O) groups is 1. The summed E-state index contributed by atoms with van der Waals surface area (Å²) in [5.74, 6) is -1.62. The number of aliphatic hydroxyl groups excluding tert-OH is 2. The fourth-order valence-corrected chi connectivity index (χ4v) is 9.37. The second-order valence-corrected chi connectivity index (χ2v) is 20.3. The molecule has 0 saturated carbocycles. The molecule has 0 amide bonds. The SMILES string of the molecule is CC(COCc1ccccc1)C(OCc1ccccc1)C(OCc1ccccc1)C(OC(=O)c1ccccc1)C(O)OC(C(O)OCCCCCN)C(OCc1ccccc1)C(OCc1ccccc1)C(C)COCc1ccccc1. The van der Waals surface area contributed by atoms with E-state index >= 15 is 0 Å². The van der Waals surface area contributed by atoms with Crippen LogP contribution >= 0.6 is 0 Å². The zero-order chi connectivity index (χ0) is 56.7. The van der Waals surface area contributed by atoms with Gasteiger partial charge >= 0.3 is 5.97 Å². The number of hydrogen-bond acceptors (Lipinski definition) is 13. The van der Waals surface area contributed by atoms with Crippen LogP contribution in [0.15, 0.2) is 212 Å². The van der Waals surface area contributed by atoms with Gasteiger partial charge in [0.1, 0.15) is 18.3 Å². The summed E-state index contributed by atoms with van der Waals surface area (Å²) in [5, 5.41) is 25.9. The summed E-state index contributed by atoms with van der Waals surface area (Å²) in [4.78, 5) is 14.6. The van der Waals surface area contributed by atoms with Crippen molar-refractivity contribution in [1.29, 1.82) is 0 Å². The number of nitrogens with two attached hydrogens (primary N) is 1. The van der Waals surface area contributed by atoms with E-state index in [1.165, 1.54) is 0 Å². The van der Waals surface area contributed by atoms with E-state index in [0.717, 1.165) is 46.2 Å². The van der Waals surface area contributed by atoms with E-state index in [4.69, 9.17) is 48.4 Å². The molecular formula is C68H81NO12. The van der Waals surface area contributed by atoms with Crippen molar-refractivity contribution in [3.63, 3.8) is 0 Å². The molecule has 0 saturated heterocycles. The van der Waals surface area contributed by atoms with Crippen LogP contribution in [0.1, 0.15) is 76.8 Å². The molecular weight excluding hydrogens is 1020 g/mol. The molecule has 0 aliphatic heterocycles. The van der Waals surface area contributed by atoms with E-state index in [1.807, 2.05) is 196 Å². The highest BCUT2D eigenvalue weighted by Crippen LogP contribution is 2.31. The van der Waals surface area contributed by atoms with Crippen molar-refractivity contribution in [1.82, 2.24) is 0 Å². The maximum atomic E-state index is 14.6. The van der Waals surface area contributed by atoms with E-state index in [9.17, 15) is 15.0 Å². The predicted molar refractivity (Wildman–Crippen MR) is 312 cm³/mol. The number of unbranched alkanes of at least 4 members (excludes halogenated alkanes) is 2. The molecule has 0 aromatic heterocycles. The van der Waals surface area contributed by atoms with Crippen molar-refractivity contribution in [2.75, 3.05) is 26.4 Å². The van der Waals surface area contributed by atoms with E-state index in [2.05, 4.69) is 0 Å². The van der Waals surface area contributed by atoms with Gasteiger partial charge in [0, 0.05) is 18.4 Å². The molecule has 10 atom stereocenters. The lowest BCUT2D eigenvalue weighted by Crippen LogP contribution is -2.57. The number of esters is 1. The summed E-state index contributed by atoms with van der Waals surface area (Å²) in [6.07, 6.45) is -9.06. The van der Waals surface area contributed by atoms with Gasteiger partial charge in [-0.25, -0.2) is 4.79 Å². The van der Waals surface area contributed by atoms with Gasteiger partial charge in [-0.1, -0.05) is 214 Å². The van der Waals surface area contributed by atoms with Crippen LogP contribution in [-0.2, 0) is 82.3 Å². The van der Waals surface area contributed by atoms with Gasteiger partial charge in [-0.05, 0) is 71.3 Å². The molecule has 0 heterocycles. The fourth-order valence-electron chi connectivity index (χ4n) is 9.37. The average molecular weight is 1100 g/mol. The van der Waals surface area contributed by atoms with Crippen LogP contribution < -0.4 is 5.73 Å². The summed E-state index contributed by atoms with van der Waals surface area (Å²) >= 11 is 0. The van der Waals surface area contributed by atoms with Gasteiger partial charge in [0.2, 0.25) is 0 Å². The van der Waals surface area contributed by atoms with Crippen molar-refractivity contribution in [2.24, 2.45) is 17.6 Å². The van der Waals surface area contributed by atoms with Crippen molar-refractivity contribution in [3.8, 4) is 0 Å². The lowest BCUT2D eigenvalue weighted by molar-refractivity contribution is -0.303. The van der Waals surface area contributed by atoms with E-state index in [1.54, 1.807) is 30.3 Å². The Morgan fingerprint density at radius 1 is 0.383 bits per heavy atom. The maximum Gasteiger partial charge on any atom is 0.338 e. The molecule has 13 nitrogen and oxygen atoms in total. The van der Waals surface area contributed by atoms with Crippen LogP contribution in [0.25, 0.3) is 0 Å². The number of rotatable bonds is 38. The molecule has 4 N–H and O–H groups in total. The predicted octanol–water partition coefficient (Wildman–Crippen LogP) is 11.4. The molecule has 7 aromatic rings. The van der Waals surface area contributed by atoms with Crippen LogP contribution in [-0.4, -0.2) is 91.8 Å². The summed E-state index contributed by atoms with van der Waals surface area (Å²) in [6, 6.07) is 66.9. The van der Waals surface area contributed by atoms with Crippen LogP contribution in [0, 0.1) is 11.8 Å². The molecule has 81 heavy (non-hydrogen) atoms. The van der Waals surface area contributed by atoms with Crippen LogP contribution in [0.4, 0.5) is 0 Å². The standard InChI is InChI=1S/C68H81NO12/c1-51(43-73-45-53-27-11-3-12-28-53)60(76-47-55-31-15-5-16-32-55)62(78-49-57-35-19-7-20-36-57)64(67(71)75-42-26-10-25-41-69)81-68(72)65(80-66(70)59-39-23-9-24-40-59)63(79-50-58-37-21-8-22-38-58)61(77-48-56-33-17-6-18-34-56)52(2)44-74-46-54-29-13-4-14-30-54/h3-9,11-24,27-40,51-52,60-65,67-68,71-72H,10,25-26,41-50,69H2,1-2H3.